The number of hydrogen-bond acceptors (Lipinski definition) is 6. The monoisotopic (exact) mass is 273 g/mol. The molecule has 7 nitrogen and oxygen atoms in total. The van der Waals surface area contributed by atoms with Gasteiger partial charge < -0.3 is 19.7 Å². The van der Waals surface area contributed by atoms with Crippen molar-refractivity contribution in [3.8, 4) is 0 Å². The molecule has 0 saturated carbocycles. The van der Waals surface area contributed by atoms with Crippen LogP contribution < -0.4 is 0 Å². The van der Waals surface area contributed by atoms with Crippen LogP contribution in [0.1, 0.15) is 27.2 Å². The average Bonchev–Trinajstić information content (AvgIpc) is 2.63. The van der Waals surface area contributed by atoms with Crippen LogP contribution in [-0.4, -0.2) is 63.7 Å². The largest absolute Gasteiger partial charge is 0.457 e. The molecule has 0 radical (unpaired) electrons. The number of carbonyl (C=O) groups is 2. The van der Waals surface area contributed by atoms with Crippen molar-refractivity contribution in [2.45, 2.75) is 57.1 Å². The smallest absolute Gasteiger partial charge is 0.410 e. The fourth-order valence-corrected chi connectivity index (χ4v) is 2.34. The minimum absolute atomic E-state index is 0.00763. The van der Waals surface area contributed by atoms with Crippen LogP contribution in [0, 0.1) is 0 Å². The van der Waals surface area contributed by atoms with Crippen molar-refractivity contribution in [3.63, 3.8) is 0 Å². The Morgan fingerprint density at radius 1 is 1.42 bits per heavy atom. The molecule has 2 aliphatic rings. The summed E-state index contributed by atoms with van der Waals surface area (Å²) in [7, 11) is 0. The predicted molar refractivity (Wildman–Crippen MR) is 63.2 cm³/mol. The van der Waals surface area contributed by atoms with Crippen LogP contribution in [-0.2, 0) is 14.3 Å². The molecule has 0 aromatic heterocycles. The second kappa shape index (κ2) is 4.64. The zero-order valence-electron chi connectivity index (χ0n) is 11.2. The number of piperidine rings is 1. The third-order valence-corrected chi connectivity index (χ3v) is 3.17. The number of aliphatic hydroxyl groups excluding tert-OH is 2. The van der Waals surface area contributed by atoms with Crippen LogP contribution in [0.4, 0.5) is 4.79 Å². The van der Waals surface area contributed by atoms with E-state index in [1.54, 1.807) is 20.8 Å². The molecule has 0 spiro atoms. The highest BCUT2D eigenvalue weighted by Crippen LogP contribution is 2.30. The van der Waals surface area contributed by atoms with E-state index in [9.17, 15) is 19.8 Å². The van der Waals surface area contributed by atoms with Gasteiger partial charge >= 0.3 is 12.1 Å². The van der Waals surface area contributed by atoms with E-state index in [0.29, 0.717) is 0 Å². The summed E-state index contributed by atoms with van der Waals surface area (Å²) in [5.41, 5.74) is -0.670. The lowest BCUT2D eigenvalue weighted by molar-refractivity contribution is -0.156. The fourth-order valence-electron chi connectivity index (χ4n) is 2.34. The minimum Gasteiger partial charge on any atom is -0.457 e. The Labute approximate surface area is 111 Å². The van der Waals surface area contributed by atoms with E-state index in [1.165, 1.54) is 4.90 Å². The van der Waals surface area contributed by atoms with E-state index in [-0.39, 0.29) is 13.0 Å². The molecule has 19 heavy (non-hydrogen) atoms. The normalized spacial score (nSPS) is 34.8. The maximum Gasteiger partial charge on any atom is 0.410 e. The molecular weight excluding hydrogens is 254 g/mol. The van der Waals surface area contributed by atoms with Gasteiger partial charge in [0.2, 0.25) is 0 Å². The van der Waals surface area contributed by atoms with Crippen LogP contribution >= 0.6 is 0 Å². The molecule has 1 amide bonds. The highest BCUT2D eigenvalue weighted by Gasteiger charge is 2.51. The standard InChI is InChI=1S/C12H19NO6/c1-12(2,3)19-11(17)13-5-7(14)9(16)10-6(13)4-8(15)18-10/h6-7,9-10,14,16H,4-5H2,1-3H3/t6-,7+,9-,10+/m1/s1. The summed E-state index contributed by atoms with van der Waals surface area (Å²) < 4.78 is 10.2. The van der Waals surface area contributed by atoms with Gasteiger partial charge in [-0.1, -0.05) is 0 Å². The Hall–Kier alpha value is -1.34. The van der Waals surface area contributed by atoms with Gasteiger partial charge in [-0.2, -0.15) is 0 Å². The SMILES string of the molecule is CC(C)(C)OC(=O)N1C[C@H](O)[C@@H](O)[C@H]2OC(=O)C[C@H]21. The number of hydrogen-bond donors (Lipinski definition) is 2. The quantitative estimate of drug-likeness (QED) is 0.585. The summed E-state index contributed by atoms with van der Waals surface area (Å²) in [6.45, 7) is 5.11. The summed E-state index contributed by atoms with van der Waals surface area (Å²) in [5, 5.41) is 19.5. The zero-order valence-corrected chi connectivity index (χ0v) is 11.2. The second-order valence-corrected chi connectivity index (χ2v) is 5.92. The van der Waals surface area contributed by atoms with Gasteiger partial charge in [-0.05, 0) is 20.8 Å². The molecule has 0 unspecified atom stereocenters. The van der Waals surface area contributed by atoms with Crippen molar-refractivity contribution in [3.05, 3.63) is 0 Å². The number of fused-ring (bicyclic) bond motifs is 1. The van der Waals surface area contributed by atoms with Gasteiger partial charge in [0.05, 0.1) is 19.0 Å². The van der Waals surface area contributed by atoms with Gasteiger partial charge in [-0.15, -0.1) is 0 Å². The van der Waals surface area contributed by atoms with Crippen LogP contribution in [0.2, 0.25) is 0 Å². The minimum atomic E-state index is -1.17. The number of esters is 1. The molecule has 2 heterocycles. The summed E-state index contributed by atoms with van der Waals surface area (Å²) in [4.78, 5) is 24.6. The van der Waals surface area contributed by atoms with Crippen molar-refractivity contribution in [2.75, 3.05) is 6.54 Å². The Kier molecular flexibility index (Phi) is 3.44. The molecule has 2 aliphatic heterocycles. The molecule has 0 aromatic carbocycles. The van der Waals surface area contributed by atoms with Crippen LogP contribution in [0.5, 0.6) is 0 Å². The summed E-state index contributed by atoms with van der Waals surface area (Å²) in [5.74, 6) is -0.489. The molecule has 2 rings (SSSR count). The van der Waals surface area contributed by atoms with E-state index in [2.05, 4.69) is 0 Å². The van der Waals surface area contributed by atoms with E-state index in [0.717, 1.165) is 0 Å². The lowest BCUT2D eigenvalue weighted by Crippen LogP contribution is -2.61. The van der Waals surface area contributed by atoms with Gasteiger partial charge in [0.1, 0.15) is 17.8 Å². The van der Waals surface area contributed by atoms with Gasteiger partial charge in [-0.25, -0.2) is 4.79 Å². The number of β-amino-alcohol motifs (C(OH)–C–C–N with tert-alkyl or cyclic N) is 1. The number of amides is 1. The zero-order chi connectivity index (χ0) is 14.4. The molecule has 2 saturated heterocycles. The van der Waals surface area contributed by atoms with E-state index >= 15 is 0 Å². The van der Waals surface area contributed by atoms with E-state index in [1.807, 2.05) is 0 Å². The molecule has 0 aliphatic carbocycles. The molecule has 0 aromatic rings. The average molecular weight is 273 g/mol. The summed E-state index contributed by atoms with van der Waals surface area (Å²) >= 11 is 0. The number of nitrogens with zero attached hydrogens (tertiary/aromatic N) is 1. The number of likely N-dealkylation sites (tertiary alicyclic amines) is 1. The Morgan fingerprint density at radius 2 is 2.05 bits per heavy atom. The molecule has 7 heteroatoms. The molecule has 2 N–H and O–H groups in total. The molecule has 0 bridgehead atoms. The molecule has 108 valence electrons. The van der Waals surface area contributed by atoms with Crippen molar-refractivity contribution >= 4 is 12.1 Å². The summed E-state index contributed by atoms with van der Waals surface area (Å²) in [6, 6.07) is -0.583. The molecule has 2 fully saturated rings. The number of aliphatic hydroxyl groups is 2. The van der Waals surface area contributed by atoms with Crippen molar-refractivity contribution in [2.24, 2.45) is 0 Å². The second-order valence-electron chi connectivity index (χ2n) is 5.92. The van der Waals surface area contributed by atoms with Crippen LogP contribution in [0.15, 0.2) is 0 Å². The Morgan fingerprint density at radius 3 is 2.63 bits per heavy atom. The first-order valence-corrected chi connectivity index (χ1v) is 6.24. The maximum absolute atomic E-state index is 12.1. The Bertz CT molecular complexity index is 390. The number of carbonyl (C=O) groups excluding carboxylic acids is 2. The third kappa shape index (κ3) is 2.82. The van der Waals surface area contributed by atoms with Gasteiger partial charge in [-0.3, -0.25) is 9.69 Å². The summed E-state index contributed by atoms with van der Waals surface area (Å²) in [6.07, 6.45) is -3.82. The molecular formula is C12H19NO6. The van der Waals surface area contributed by atoms with Crippen LogP contribution in [0.25, 0.3) is 0 Å². The van der Waals surface area contributed by atoms with Crippen LogP contribution in [0.3, 0.4) is 0 Å². The predicted octanol–water partition coefficient (Wildman–Crippen LogP) is -0.357. The lowest BCUT2D eigenvalue weighted by Gasteiger charge is -2.41. The number of ether oxygens (including phenoxy) is 2. The Balaban J connectivity index is 2.16. The first-order chi connectivity index (χ1) is 8.69. The van der Waals surface area contributed by atoms with Crippen molar-refractivity contribution in [1.82, 2.24) is 4.90 Å². The van der Waals surface area contributed by atoms with E-state index in [4.69, 9.17) is 9.47 Å². The van der Waals surface area contributed by atoms with Crippen molar-refractivity contribution in [1.29, 1.82) is 0 Å². The topological polar surface area (TPSA) is 96.3 Å². The highest BCUT2D eigenvalue weighted by atomic mass is 16.6. The fraction of sp³-hybridized carbons (Fsp3) is 0.833. The maximum atomic E-state index is 12.1. The van der Waals surface area contributed by atoms with E-state index < -0.39 is 42.0 Å². The first kappa shape index (κ1) is 14.1. The first-order valence-electron chi connectivity index (χ1n) is 6.24. The van der Waals surface area contributed by atoms with Gasteiger partial charge in [0.15, 0.2) is 6.10 Å². The van der Waals surface area contributed by atoms with Gasteiger partial charge in [0.25, 0.3) is 0 Å². The number of rotatable bonds is 0. The van der Waals surface area contributed by atoms with Gasteiger partial charge in [0, 0.05) is 0 Å². The van der Waals surface area contributed by atoms with Crippen molar-refractivity contribution < 1.29 is 29.3 Å². The lowest BCUT2D eigenvalue weighted by atomic mass is 9.94. The highest BCUT2D eigenvalue weighted by molar-refractivity contribution is 5.76. The molecule has 4 atom stereocenters. The third-order valence-electron chi connectivity index (χ3n) is 3.17.